The number of rotatable bonds is 4. The fourth-order valence-electron chi connectivity index (χ4n) is 1.97. The lowest BCUT2D eigenvalue weighted by Crippen LogP contribution is -2.13. The quantitative estimate of drug-likeness (QED) is 0.791. The number of nitrogens with one attached hydrogen (secondary N) is 1. The van der Waals surface area contributed by atoms with E-state index in [1.165, 1.54) is 12.3 Å². The predicted molar refractivity (Wildman–Crippen MR) is 86.3 cm³/mol. The first-order valence-electron chi connectivity index (χ1n) is 7.01. The molecule has 0 aliphatic rings. The number of hydrogen-bond acceptors (Lipinski definition) is 5. The van der Waals surface area contributed by atoms with Crippen molar-refractivity contribution in [3.8, 4) is 11.5 Å². The van der Waals surface area contributed by atoms with Gasteiger partial charge in [-0.2, -0.15) is 0 Å². The Kier molecular flexibility index (Phi) is 4.34. The van der Waals surface area contributed by atoms with Crippen molar-refractivity contribution < 1.29 is 9.21 Å². The van der Waals surface area contributed by atoms with E-state index in [1.54, 1.807) is 24.3 Å². The van der Waals surface area contributed by atoms with E-state index in [1.807, 2.05) is 13.0 Å². The number of anilines is 1. The molecule has 0 unspecified atom stereocenters. The average molecular weight is 329 g/mol. The second-order valence-electron chi connectivity index (χ2n) is 4.75. The van der Waals surface area contributed by atoms with E-state index in [-0.39, 0.29) is 11.6 Å². The molecule has 0 atom stereocenters. The molecule has 0 saturated carbocycles. The summed E-state index contributed by atoms with van der Waals surface area (Å²) >= 11 is 5.87. The number of hydrogen-bond donors (Lipinski definition) is 1. The van der Waals surface area contributed by atoms with Crippen LogP contribution in [0, 0.1) is 0 Å². The van der Waals surface area contributed by atoms with E-state index in [9.17, 15) is 4.79 Å². The summed E-state index contributed by atoms with van der Waals surface area (Å²) in [7, 11) is 0. The third-order valence-corrected chi connectivity index (χ3v) is 3.33. The van der Waals surface area contributed by atoms with E-state index in [0.29, 0.717) is 28.9 Å². The molecule has 0 saturated heterocycles. The molecule has 1 amide bonds. The van der Waals surface area contributed by atoms with Crippen LogP contribution in [-0.4, -0.2) is 21.1 Å². The summed E-state index contributed by atoms with van der Waals surface area (Å²) in [4.78, 5) is 16.2. The summed E-state index contributed by atoms with van der Waals surface area (Å²) < 4.78 is 5.51. The molecule has 1 N–H and O–H groups in total. The Hall–Kier alpha value is -2.73. The van der Waals surface area contributed by atoms with Gasteiger partial charge in [0.15, 0.2) is 0 Å². The molecular formula is C16H13ClN4O2. The number of benzene rings is 1. The second-order valence-corrected chi connectivity index (χ2v) is 5.19. The molecule has 23 heavy (non-hydrogen) atoms. The number of amides is 1. The van der Waals surface area contributed by atoms with Crippen LogP contribution in [0.25, 0.3) is 11.5 Å². The molecule has 6 nitrogen and oxygen atoms in total. The fraction of sp³-hybridized carbons (Fsp3) is 0.125. The van der Waals surface area contributed by atoms with Crippen LogP contribution in [-0.2, 0) is 6.42 Å². The van der Waals surface area contributed by atoms with Crippen LogP contribution in [0.5, 0.6) is 0 Å². The van der Waals surface area contributed by atoms with E-state index in [4.69, 9.17) is 16.0 Å². The molecule has 2 heterocycles. The second kappa shape index (κ2) is 6.58. The molecule has 3 rings (SSSR count). The maximum atomic E-state index is 12.2. The highest BCUT2D eigenvalue weighted by molar-refractivity contribution is 6.30. The first-order chi connectivity index (χ1) is 11.2. The molecule has 0 radical (unpaired) electrons. The van der Waals surface area contributed by atoms with Crippen molar-refractivity contribution in [3.63, 3.8) is 0 Å². The molecule has 1 aromatic carbocycles. The van der Waals surface area contributed by atoms with Gasteiger partial charge in [0.25, 0.3) is 5.91 Å². The largest absolute Gasteiger partial charge is 0.421 e. The molecule has 7 heteroatoms. The van der Waals surface area contributed by atoms with Crippen LogP contribution >= 0.6 is 11.6 Å². The Balaban J connectivity index is 1.81. The topological polar surface area (TPSA) is 80.9 Å². The number of carbonyl (C=O) groups is 1. The lowest BCUT2D eigenvalue weighted by molar-refractivity contribution is 0.102. The number of pyridine rings is 1. The Bertz CT molecular complexity index is 847. The minimum atomic E-state index is -0.343. The molecule has 2 aromatic heterocycles. The van der Waals surface area contributed by atoms with Crippen molar-refractivity contribution in [2.75, 3.05) is 5.32 Å². The summed E-state index contributed by atoms with van der Waals surface area (Å²) in [6.07, 6.45) is 2.16. The SMILES string of the molecule is CCc1nnc(-c2cccc(NC(=O)c3cc(Cl)ccn3)c2)o1. The lowest BCUT2D eigenvalue weighted by Gasteiger charge is -2.06. The molecule has 0 aliphatic carbocycles. The highest BCUT2D eigenvalue weighted by atomic mass is 35.5. The predicted octanol–water partition coefficient (Wildman–Crippen LogP) is 3.60. The van der Waals surface area contributed by atoms with Gasteiger partial charge in [-0.25, -0.2) is 0 Å². The average Bonchev–Trinajstić information content (AvgIpc) is 3.04. The number of nitrogens with zero attached hydrogens (tertiary/aromatic N) is 3. The van der Waals surface area contributed by atoms with Gasteiger partial charge in [0.2, 0.25) is 11.8 Å². The zero-order valence-electron chi connectivity index (χ0n) is 12.3. The summed E-state index contributed by atoms with van der Waals surface area (Å²) in [5.41, 5.74) is 1.58. The third-order valence-electron chi connectivity index (χ3n) is 3.09. The Labute approximate surface area is 137 Å². The van der Waals surface area contributed by atoms with Crippen molar-refractivity contribution in [2.24, 2.45) is 0 Å². The summed E-state index contributed by atoms with van der Waals surface area (Å²) in [6.45, 7) is 1.94. The highest BCUT2D eigenvalue weighted by Gasteiger charge is 2.11. The van der Waals surface area contributed by atoms with Gasteiger partial charge >= 0.3 is 0 Å². The van der Waals surface area contributed by atoms with Crippen LogP contribution in [0.1, 0.15) is 23.3 Å². The van der Waals surface area contributed by atoms with Crippen molar-refractivity contribution >= 4 is 23.2 Å². The zero-order valence-corrected chi connectivity index (χ0v) is 13.0. The smallest absolute Gasteiger partial charge is 0.274 e. The van der Waals surface area contributed by atoms with Crippen molar-refractivity contribution in [1.29, 1.82) is 0 Å². The van der Waals surface area contributed by atoms with Gasteiger partial charge in [-0.1, -0.05) is 24.6 Å². The van der Waals surface area contributed by atoms with Crippen LogP contribution in [0.3, 0.4) is 0 Å². The van der Waals surface area contributed by atoms with Crippen LogP contribution in [0.4, 0.5) is 5.69 Å². The standard InChI is InChI=1S/C16H13ClN4O2/c1-2-14-20-21-16(23-14)10-4-3-5-12(8-10)19-15(22)13-9-11(17)6-7-18-13/h3-9H,2H2,1H3,(H,19,22). The first-order valence-corrected chi connectivity index (χ1v) is 7.39. The van der Waals surface area contributed by atoms with Crippen LogP contribution < -0.4 is 5.32 Å². The molecule has 0 fully saturated rings. The normalized spacial score (nSPS) is 10.5. The molecule has 0 aliphatic heterocycles. The zero-order chi connectivity index (χ0) is 16.2. The Morgan fingerprint density at radius 3 is 2.87 bits per heavy atom. The number of halogens is 1. The summed E-state index contributed by atoms with van der Waals surface area (Å²) in [5, 5.41) is 11.1. The minimum Gasteiger partial charge on any atom is -0.421 e. The van der Waals surface area contributed by atoms with E-state index in [2.05, 4.69) is 20.5 Å². The number of carbonyl (C=O) groups excluding carboxylic acids is 1. The maximum Gasteiger partial charge on any atom is 0.274 e. The maximum absolute atomic E-state index is 12.2. The molecule has 0 spiro atoms. The highest BCUT2D eigenvalue weighted by Crippen LogP contribution is 2.22. The van der Waals surface area contributed by atoms with Gasteiger partial charge < -0.3 is 9.73 Å². The van der Waals surface area contributed by atoms with Crippen LogP contribution in [0.15, 0.2) is 47.0 Å². The van der Waals surface area contributed by atoms with Gasteiger partial charge in [0.1, 0.15) is 5.69 Å². The minimum absolute atomic E-state index is 0.244. The van der Waals surface area contributed by atoms with Gasteiger partial charge in [-0.15, -0.1) is 10.2 Å². The molecular weight excluding hydrogens is 316 g/mol. The van der Waals surface area contributed by atoms with Gasteiger partial charge in [0, 0.05) is 28.9 Å². The fourth-order valence-corrected chi connectivity index (χ4v) is 2.13. The third kappa shape index (κ3) is 3.54. The Morgan fingerprint density at radius 2 is 2.13 bits per heavy atom. The van der Waals surface area contributed by atoms with Gasteiger partial charge in [-0.3, -0.25) is 9.78 Å². The van der Waals surface area contributed by atoms with Crippen molar-refractivity contribution in [3.05, 3.63) is 59.2 Å². The number of aryl methyl sites for hydroxylation is 1. The van der Waals surface area contributed by atoms with Crippen molar-refractivity contribution in [2.45, 2.75) is 13.3 Å². The van der Waals surface area contributed by atoms with E-state index < -0.39 is 0 Å². The van der Waals surface area contributed by atoms with Gasteiger partial charge in [0.05, 0.1) is 0 Å². The first kappa shape index (κ1) is 15.2. The molecule has 3 aromatic rings. The monoisotopic (exact) mass is 328 g/mol. The summed E-state index contributed by atoms with van der Waals surface area (Å²) in [6, 6.07) is 10.3. The van der Waals surface area contributed by atoms with Crippen LogP contribution in [0.2, 0.25) is 5.02 Å². The van der Waals surface area contributed by atoms with Crippen molar-refractivity contribution in [1.82, 2.24) is 15.2 Å². The van der Waals surface area contributed by atoms with Gasteiger partial charge in [-0.05, 0) is 30.3 Å². The van der Waals surface area contributed by atoms with E-state index >= 15 is 0 Å². The summed E-state index contributed by atoms with van der Waals surface area (Å²) in [5.74, 6) is 0.640. The molecule has 0 bridgehead atoms. The lowest BCUT2D eigenvalue weighted by atomic mass is 10.2. The molecule has 116 valence electrons. The Morgan fingerprint density at radius 1 is 1.26 bits per heavy atom. The van der Waals surface area contributed by atoms with E-state index in [0.717, 1.165) is 5.56 Å². The number of aromatic nitrogens is 3.